The quantitative estimate of drug-likeness (QED) is 0.743. The molecule has 0 unspecified atom stereocenters. The number of aromatic amines is 1. The van der Waals surface area contributed by atoms with Gasteiger partial charge >= 0.3 is 5.97 Å². The van der Waals surface area contributed by atoms with Gasteiger partial charge in [-0.25, -0.2) is 4.79 Å². The molecule has 5 nitrogen and oxygen atoms in total. The molecule has 0 aliphatic carbocycles. The minimum Gasteiger partial charge on any atom is -0.477 e. The van der Waals surface area contributed by atoms with Crippen molar-refractivity contribution >= 4 is 5.97 Å². The molecule has 2 rings (SSSR count). The fraction of sp³-hybridized carbons (Fsp3) is 0. The Balaban J connectivity index is 2.52. The zero-order chi connectivity index (χ0) is 9.97. The van der Waals surface area contributed by atoms with Crippen molar-refractivity contribution in [1.29, 1.82) is 0 Å². The van der Waals surface area contributed by atoms with Gasteiger partial charge in [0.15, 0.2) is 5.69 Å². The van der Waals surface area contributed by atoms with E-state index in [4.69, 9.17) is 5.11 Å². The predicted molar refractivity (Wildman–Crippen MR) is 48.8 cm³/mol. The number of carboxylic acids is 1. The second kappa shape index (κ2) is 3.29. The summed E-state index contributed by atoms with van der Waals surface area (Å²) < 4.78 is 0. The van der Waals surface area contributed by atoms with E-state index >= 15 is 0 Å². The number of hydrogen-bond donors (Lipinski definition) is 2. The molecule has 0 bridgehead atoms. The topological polar surface area (TPSA) is 78.9 Å². The van der Waals surface area contributed by atoms with Crippen LogP contribution in [0.3, 0.4) is 0 Å². The molecule has 0 spiro atoms. The van der Waals surface area contributed by atoms with Gasteiger partial charge in [-0.3, -0.25) is 10.1 Å². The Morgan fingerprint density at radius 2 is 2.07 bits per heavy atom. The Labute approximate surface area is 79.4 Å². The number of hydrogen-bond acceptors (Lipinski definition) is 3. The van der Waals surface area contributed by atoms with Crippen LogP contribution in [-0.2, 0) is 0 Å². The van der Waals surface area contributed by atoms with Crippen molar-refractivity contribution in [3.63, 3.8) is 0 Å². The summed E-state index contributed by atoms with van der Waals surface area (Å²) in [6.45, 7) is 0. The standard InChI is InChI=1S/C9H7N3O2/c13-9(14)8-7(5-11-12-8)6-1-3-10-4-2-6/h1-5H,(H,11,12)(H,13,14). The van der Waals surface area contributed by atoms with Gasteiger partial charge in [-0.15, -0.1) is 0 Å². The van der Waals surface area contributed by atoms with E-state index in [2.05, 4.69) is 15.2 Å². The van der Waals surface area contributed by atoms with Crippen molar-refractivity contribution in [1.82, 2.24) is 15.2 Å². The number of H-pyrrole nitrogens is 1. The van der Waals surface area contributed by atoms with Gasteiger partial charge in [0.05, 0.1) is 6.20 Å². The Morgan fingerprint density at radius 1 is 1.36 bits per heavy atom. The lowest BCUT2D eigenvalue weighted by Gasteiger charge is -1.97. The number of aromatic carboxylic acids is 1. The van der Waals surface area contributed by atoms with Crippen LogP contribution in [-0.4, -0.2) is 26.3 Å². The van der Waals surface area contributed by atoms with Crippen LogP contribution in [0.1, 0.15) is 10.5 Å². The summed E-state index contributed by atoms with van der Waals surface area (Å²) in [5, 5.41) is 15.0. The van der Waals surface area contributed by atoms with E-state index in [1.165, 1.54) is 6.20 Å². The van der Waals surface area contributed by atoms with E-state index in [9.17, 15) is 4.79 Å². The van der Waals surface area contributed by atoms with Gasteiger partial charge < -0.3 is 5.11 Å². The molecule has 2 aromatic heterocycles. The van der Waals surface area contributed by atoms with Gasteiger partial charge in [0.25, 0.3) is 0 Å². The highest BCUT2D eigenvalue weighted by Crippen LogP contribution is 2.20. The summed E-state index contributed by atoms with van der Waals surface area (Å²) in [5.41, 5.74) is 1.45. The van der Waals surface area contributed by atoms with E-state index in [1.807, 2.05) is 0 Å². The molecule has 70 valence electrons. The van der Waals surface area contributed by atoms with Gasteiger partial charge in [0, 0.05) is 18.0 Å². The van der Waals surface area contributed by atoms with Gasteiger partial charge in [-0.1, -0.05) is 0 Å². The van der Waals surface area contributed by atoms with Crippen LogP contribution in [0, 0.1) is 0 Å². The first-order valence-electron chi connectivity index (χ1n) is 3.96. The molecule has 0 saturated heterocycles. The third-order valence-corrected chi connectivity index (χ3v) is 1.84. The number of aromatic nitrogens is 3. The predicted octanol–water partition coefficient (Wildman–Crippen LogP) is 1.17. The molecular formula is C9H7N3O2. The third-order valence-electron chi connectivity index (χ3n) is 1.84. The Morgan fingerprint density at radius 3 is 2.71 bits per heavy atom. The first-order chi connectivity index (χ1) is 6.79. The third kappa shape index (κ3) is 1.35. The molecule has 5 heteroatoms. The molecule has 14 heavy (non-hydrogen) atoms. The van der Waals surface area contributed by atoms with Crippen LogP contribution in [0.25, 0.3) is 11.1 Å². The number of carbonyl (C=O) groups is 1. The Kier molecular flexibility index (Phi) is 1.98. The van der Waals surface area contributed by atoms with Crippen LogP contribution >= 0.6 is 0 Å². The monoisotopic (exact) mass is 189 g/mol. The number of carboxylic acid groups (broad SMARTS) is 1. The van der Waals surface area contributed by atoms with E-state index in [0.717, 1.165) is 5.56 Å². The summed E-state index contributed by atoms with van der Waals surface area (Å²) in [6.07, 6.45) is 4.70. The smallest absolute Gasteiger partial charge is 0.354 e. The number of pyridine rings is 1. The van der Waals surface area contributed by atoms with E-state index in [0.29, 0.717) is 5.56 Å². The van der Waals surface area contributed by atoms with Crippen molar-refractivity contribution in [2.45, 2.75) is 0 Å². The summed E-state index contributed by atoms with van der Waals surface area (Å²) in [6, 6.07) is 3.47. The number of rotatable bonds is 2. The molecule has 0 atom stereocenters. The van der Waals surface area contributed by atoms with Crippen molar-refractivity contribution in [2.24, 2.45) is 0 Å². The largest absolute Gasteiger partial charge is 0.477 e. The van der Waals surface area contributed by atoms with Crippen LogP contribution in [0.2, 0.25) is 0 Å². The van der Waals surface area contributed by atoms with E-state index in [1.54, 1.807) is 24.5 Å². The molecule has 0 amide bonds. The SMILES string of the molecule is O=C(O)c1[nH]ncc1-c1ccncc1. The van der Waals surface area contributed by atoms with Crippen molar-refractivity contribution < 1.29 is 9.90 Å². The maximum absolute atomic E-state index is 10.8. The first kappa shape index (κ1) is 8.43. The van der Waals surface area contributed by atoms with Crippen LogP contribution in [0.4, 0.5) is 0 Å². The van der Waals surface area contributed by atoms with Crippen LogP contribution in [0.5, 0.6) is 0 Å². The second-order valence-electron chi connectivity index (χ2n) is 2.70. The van der Waals surface area contributed by atoms with Crippen molar-refractivity contribution in [2.75, 3.05) is 0 Å². The minimum atomic E-state index is -1.02. The summed E-state index contributed by atoms with van der Waals surface area (Å²) in [5.74, 6) is -1.02. The highest BCUT2D eigenvalue weighted by molar-refractivity contribution is 5.93. The molecular weight excluding hydrogens is 182 g/mol. The molecule has 2 N–H and O–H groups in total. The van der Waals surface area contributed by atoms with Crippen LogP contribution in [0.15, 0.2) is 30.7 Å². The minimum absolute atomic E-state index is 0.0937. The zero-order valence-electron chi connectivity index (χ0n) is 7.14. The van der Waals surface area contributed by atoms with Crippen molar-refractivity contribution in [3.05, 3.63) is 36.4 Å². The Hall–Kier alpha value is -2.17. The first-order valence-corrected chi connectivity index (χ1v) is 3.96. The fourth-order valence-corrected chi connectivity index (χ4v) is 1.20. The molecule has 2 heterocycles. The maximum Gasteiger partial charge on any atom is 0.354 e. The highest BCUT2D eigenvalue weighted by atomic mass is 16.4. The zero-order valence-corrected chi connectivity index (χ0v) is 7.14. The highest BCUT2D eigenvalue weighted by Gasteiger charge is 2.13. The molecule has 0 saturated carbocycles. The van der Waals surface area contributed by atoms with Gasteiger partial charge in [-0.2, -0.15) is 5.10 Å². The molecule has 2 aromatic rings. The van der Waals surface area contributed by atoms with Crippen molar-refractivity contribution in [3.8, 4) is 11.1 Å². The number of nitrogens with one attached hydrogen (secondary N) is 1. The summed E-state index contributed by atoms with van der Waals surface area (Å²) in [4.78, 5) is 14.6. The van der Waals surface area contributed by atoms with E-state index < -0.39 is 5.97 Å². The summed E-state index contributed by atoms with van der Waals surface area (Å²) >= 11 is 0. The molecule has 0 aliphatic heterocycles. The van der Waals surface area contributed by atoms with E-state index in [-0.39, 0.29) is 5.69 Å². The van der Waals surface area contributed by atoms with Gasteiger partial charge in [0.1, 0.15) is 0 Å². The fourth-order valence-electron chi connectivity index (χ4n) is 1.20. The molecule has 0 fully saturated rings. The lowest BCUT2D eigenvalue weighted by atomic mass is 10.1. The molecule has 0 aromatic carbocycles. The average Bonchev–Trinajstić information content (AvgIpc) is 2.67. The van der Waals surface area contributed by atoms with Gasteiger partial charge in [-0.05, 0) is 17.7 Å². The second-order valence-corrected chi connectivity index (χ2v) is 2.70. The lowest BCUT2D eigenvalue weighted by Crippen LogP contribution is -1.98. The maximum atomic E-state index is 10.8. The lowest BCUT2D eigenvalue weighted by molar-refractivity contribution is 0.0691. The number of nitrogens with zero attached hydrogens (tertiary/aromatic N) is 2. The molecule has 0 radical (unpaired) electrons. The average molecular weight is 189 g/mol. The molecule has 0 aliphatic rings. The normalized spacial score (nSPS) is 10.0. The Bertz CT molecular complexity index is 450. The van der Waals surface area contributed by atoms with Crippen LogP contribution < -0.4 is 0 Å². The summed E-state index contributed by atoms with van der Waals surface area (Å²) in [7, 11) is 0. The van der Waals surface area contributed by atoms with Gasteiger partial charge in [0.2, 0.25) is 0 Å².